The number of aromatic nitrogens is 4. The number of imidazole rings is 1. The minimum absolute atomic E-state index is 0.0489. The molecule has 1 aliphatic rings. The van der Waals surface area contributed by atoms with Gasteiger partial charge in [-0.15, -0.1) is 0 Å². The molecule has 1 saturated heterocycles. The monoisotopic (exact) mass is 443 g/mol. The Balaban J connectivity index is 1.63. The third kappa shape index (κ3) is 3.85. The van der Waals surface area contributed by atoms with Gasteiger partial charge < -0.3 is 10.6 Å². The second-order valence-corrected chi connectivity index (χ2v) is 8.33. The van der Waals surface area contributed by atoms with E-state index in [-0.39, 0.29) is 23.2 Å². The molecule has 8 nitrogen and oxygen atoms in total. The van der Waals surface area contributed by atoms with E-state index in [4.69, 9.17) is 11.0 Å². The van der Waals surface area contributed by atoms with Gasteiger partial charge in [0.1, 0.15) is 23.4 Å². The Bertz CT molecular complexity index is 1410. The predicted molar refractivity (Wildman–Crippen MR) is 121 cm³/mol. The molecular weight excluding hydrogens is 421 g/mol. The van der Waals surface area contributed by atoms with Crippen LogP contribution < -0.4 is 5.73 Å². The third-order valence-corrected chi connectivity index (χ3v) is 5.90. The second-order valence-electron chi connectivity index (χ2n) is 8.33. The number of nitriles is 1. The van der Waals surface area contributed by atoms with Gasteiger partial charge in [-0.3, -0.25) is 14.0 Å². The van der Waals surface area contributed by atoms with Gasteiger partial charge in [0.2, 0.25) is 0 Å². The molecule has 1 aliphatic heterocycles. The van der Waals surface area contributed by atoms with E-state index in [0.29, 0.717) is 24.5 Å². The van der Waals surface area contributed by atoms with Gasteiger partial charge in [0.15, 0.2) is 0 Å². The van der Waals surface area contributed by atoms with E-state index >= 15 is 0 Å². The maximum Gasteiger partial charge on any atom is 0.274 e. The Labute approximate surface area is 189 Å². The van der Waals surface area contributed by atoms with Crippen molar-refractivity contribution in [3.63, 3.8) is 0 Å². The standard InChI is InChI=1S/C24H22FN7O/c1-30-12-17-9-19(6-7-21(17)29-30)32-14-22(24(33)31-8-2-3-18(27)13-31)28-23(32)15-4-5-16(11-26)20(25)10-15/h4-7,9-10,12,14,18H,2-3,8,13,27H2,1H3/t18-/m1/s1. The topological polar surface area (TPSA) is 106 Å². The van der Waals surface area contributed by atoms with Gasteiger partial charge in [-0.2, -0.15) is 10.4 Å². The normalized spacial score (nSPS) is 16.2. The number of benzene rings is 2. The van der Waals surface area contributed by atoms with Crippen LogP contribution >= 0.6 is 0 Å². The smallest absolute Gasteiger partial charge is 0.274 e. The second kappa shape index (κ2) is 8.15. The molecule has 5 rings (SSSR count). The minimum Gasteiger partial charge on any atom is -0.336 e. The summed E-state index contributed by atoms with van der Waals surface area (Å²) in [5, 5.41) is 14.4. The van der Waals surface area contributed by atoms with E-state index in [1.165, 1.54) is 12.1 Å². The van der Waals surface area contributed by atoms with Crippen molar-refractivity contribution in [3.05, 3.63) is 65.9 Å². The lowest BCUT2D eigenvalue weighted by molar-refractivity contribution is 0.0703. The predicted octanol–water partition coefficient (Wildman–Crippen LogP) is 3.00. The molecule has 0 unspecified atom stereocenters. The van der Waals surface area contributed by atoms with E-state index in [9.17, 15) is 9.18 Å². The average molecular weight is 443 g/mol. The molecule has 1 atom stereocenters. The molecule has 33 heavy (non-hydrogen) atoms. The number of halogens is 1. The van der Waals surface area contributed by atoms with E-state index in [0.717, 1.165) is 29.4 Å². The van der Waals surface area contributed by atoms with Crippen LogP contribution in [0.5, 0.6) is 0 Å². The van der Waals surface area contributed by atoms with Crippen molar-refractivity contribution < 1.29 is 9.18 Å². The first kappa shape index (κ1) is 20.8. The van der Waals surface area contributed by atoms with Crippen molar-refractivity contribution in [2.24, 2.45) is 12.8 Å². The Kier molecular flexibility index (Phi) is 5.15. The van der Waals surface area contributed by atoms with Crippen molar-refractivity contribution in [1.29, 1.82) is 5.26 Å². The summed E-state index contributed by atoms with van der Waals surface area (Å²) < 4.78 is 17.9. The first-order valence-corrected chi connectivity index (χ1v) is 10.7. The minimum atomic E-state index is -0.637. The van der Waals surface area contributed by atoms with Gasteiger partial charge in [0, 0.05) is 55.2 Å². The number of aryl methyl sites for hydroxylation is 1. The zero-order valence-electron chi connectivity index (χ0n) is 18.1. The van der Waals surface area contributed by atoms with Crippen molar-refractivity contribution in [2.45, 2.75) is 18.9 Å². The first-order chi connectivity index (χ1) is 15.9. The van der Waals surface area contributed by atoms with Crippen molar-refractivity contribution >= 4 is 16.8 Å². The molecule has 1 amide bonds. The molecule has 1 fully saturated rings. The number of hydrogen-bond donors (Lipinski definition) is 1. The number of likely N-dealkylation sites (tertiary alicyclic amines) is 1. The number of carbonyl (C=O) groups excluding carboxylic acids is 1. The highest BCUT2D eigenvalue weighted by Crippen LogP contribution is 2.27. The molecule has 2 aromatic carbocycles. The largest absolute Gasteiger partial charge is 0.336 e. The van der Waals surface area contributed by atoms with Crippen molar-refractivity contribution in [2.75, 3.05) is 13.1 Å². The lowest BCUT2D eigenvalue weighted by Crippen LogP contribution is -2.45. The molecule has 3 heterocycles. The average Bonchev–Trinajstić information content (AvgIpc) is 3.41. The number of nitrogens with zero attached hydrogens (tertiary/aromatic N) is 6. The van der Waals surface area contributed by atoms with Crippen LogP contribution in [-0.4, -0.2) is 49.3 Å². The summed E-state index contributed by atoms with van der Waals surface area (Å²) in [5.74, 6) is -0.435. The Morgan fingerprint density at radius 1 is 1.24 bits per heavy atom. The number of piperidine rings is 1. The molecule has 2 aromatic heterocycles. The van der Waals surface area contributed by atoms with Gasteiger partial charge in [0.25, 0.3) is 5.91 Å². The highest BCUT2D eigenvalue weighted by molar-refractivity contribution is 5.93. The van der Waals surface area contributed by atoms with E-state index in [2.05, 4.69) is 10.1 Å². The zero-order chi connectivity index (χ0) is 23.1. The van der Waals surface area contributed by atoms with Crippen molar-refractivity contribution in [3.8, 4) is 23.1 Å². The summed E-state index contributed by atoms with van der Waals surface area (Å²) in [6.07, 6.45) is 5.31. The third-order valence-electron chi connectivity index (χ3n) is 5.90. The summed E-state index contributed by atoms with van der Waals surface area (Å²) in [6, 6.07) is 11.8. The quantitative estimate of drug-likeness (QED) is 0.524. The van der Waals surface area contributed by atoms with Gasteiger partial charge in [-0.05, 0) is 49.2 Å². The van der Waals surface area contributed by atoms with E-state index < -0.39 is 5.82 Å². The Hall–Kier alpha value is -4.03. The van der Waals surface area contributed by atoms with Crippen LogP contribution in [0.3, 0.4) is 0 Å². The molecule has 0 bridgehead atoms. The van der Waals surface area contributed by atoms with Crippen LogP contribution in [0.4, 0.5) is 4.39 Å². The maximum atomic E-state index is 14.4. The molecule has 2 N–H and O–H groups in total. The summed E-state index contributed by atoms with van der Waals surface area (Å²) >= 11 is 0. The SMILES string of the molecule is Cn1cc2cc(-n3cc(C(=O)N4CCC[C@@H](N)C4)nc3-c3ccc(C#N)c(F)c3)ccc2n1. The summed E-state index contributed by atoms with van der Waals surface area (Å²) in [7, 11) is 1.85. The van der Waals surface area contributed by atoms with E-state index in [1.54, 1.807) is 26.4 Å². The van der Waals surface area contributed by atoms with Crippen LogP contribution in [-0.2, 0) is 7.05 Å². The van der Waals surface area contributed by atoms with Gasteiger partial charge in [0.05, 0.1) is 11.1 Å². The van der Waals surface area contributed by atoms with Crippen LogP contribution in [0.1, 0.15) is 28.9 Å². The van der Waals surface area contributed by atoms with Gasteiger partial charge in [-0.25, -0.2) is 9.37 Å². The number of amides is 1. The summed E-state index contributed by atoms with van der Waals surface area (Å²) in [6.45, 7) is 1.11. The van der Waals surface area contributed by atoms with Gasteiger partial charge in [-0.1, -0.05) is 0 Å². The van der Waals surface area contributed by atoms with Crippen LogP contribution in [0.25, 0.3) is 28.0 Å². The summed E-state index contributed by atoms with van der Waals surface area (Å²) in [4.78, 5) is 19.5. The van der Waals surface area contributed by atoms with Gasteiger partial charge >= 0.3 is 0 Å². The number of hydrogen-bond acceptors (Lipinski definition) is 5. The number of rotatable bonds is 3. The highest BCUT2D eigenvalue weighted by atomic mass is 19.1. The lowest BCUT2D eigenvalue weighted by Gasteiger charge is -2.30. The Morgan fingerprint density at radius 2 is 2.09 bits per heavy atom. The first-order valence-electron chi connectivity index (χ1n) is 10.7. The van der Waals surface area contributed by atoms with Crippen LogP contribution in [0.15, 0.2) is 48.8 Å². The number of fused-ring (bicyclic) bond motifs is 1. The Morgan fingerprint density at radius 3 is 2.85 bits per heavy atom. The molecule has 0 spiro atoms. The molecule has 0 aliphatic carbocycles. The number of carbonyl (C=O) groups is 1. The maximum absolute atomic E-state index is 14.4. The van der Waals surface area contributed by atoms with E-state index in [1.807, 2.05) is 37.5 Å². The fourth-order valence-electron chi connectivity index (χ4n) is 4.27. The molecule has 0 saturated carbocycles. The molecule has 0 radical (unpaired) electrons. The van der Waals surface area contributed by atoms with Crippen LogP contribution in [0.2, 0.25) is 0 Å². The fourth-order valence-corrected chi connectivity index (χ4v) is 4.27. The molecular formula is C24H22FN7O. The van der Waals surface area contributed by atoms with Crippen molar-refractivity contribution in [1.82, 2.24) is 24.2 Å². The lowest BCUT2D eigenvalue weighted by atomic mass is 10.1. The molecule has 166 valence electrons. The highest BCUT2D eigenvalue weighted by Gasteiger charge is 2.26. The molecule has 4 aromatic rings. The fraction of sp³-hybridized carbons (Fsp3) is 0.250. The molecule has 9 heteroatoms. The number of nitrogens with two attached hydrogens (primary N) is 1. The zero-order valence-corrected chi connectivity index (χ0v) is 18.1. The van der Waals surface area contributed by atoms with Crippen LogP contribution in [0, 0.1) is 17.1 Å². The summed E-state index contributed by atoms with van der Waals surface area (Å²) in [5.41, 5.74) is 8.34.